The summed E-state index contributed by atoms with van der Waals surface area (Å²) in [6.07, 6.45) is 1.52. The van der Waals surface area contributed by atoms with E-state index in [1.807, 2.05) is 0 Å². The zero-order valence-electron chi connectivity index (χ0n) is 5.94. The molecule has 7 heteroatoms. The third-order valence-corrected chi connectivity index (χ3v) is 0.520. The Bertz CT molecular complexity index is 158. The number of hydrogen-bond donors (Lipinski definition) is 3. The second-order valence-corrected chi connectivity index (χ2v) is 1.18. The molecule has 0 aliphatic rings. The normalized spacial score (nSPS) is 7.73. The molecule has 0 aromatic carbocycles. The van der Waals surface area contributed by atoms with Crippen molar-refractivity contribution in [2.75, 3.05) is 0 Å². The van der Waals surface area contributed by atoms with Crippen molar-refractivity contribution in [3.05, 3.63) is 12.2 Å². The van der Waals surface area contributed by atoms with Crippen molar-refractivity contribution < 1.29 is 49.7 Å². The Morgan fingerprint density at radius 3 is 2.09 bits per heavy atom. The Labute approximate surface area is 85.0 Å². The van der Waals surface area contributed by atoms with Crippen LogP contribution in [0.15, 0.2) is 12.2 Å². The van der Waals surface area contributed by atoms with E-state index in [0.717, 1.165) is 6.08 Å². The first-order valence-electron chi connectivity index (χ1n) is 2.08. The molecule has 5 N–H and O–H groups in total. The topological polar surface area (TPSA) is 122 Å². The number of carboxylic acid groups (broad SMARTS) is 1. The van der Waals surface area contributed by atoms with Crippen LogP contribution in [0.3, 0.4) is 0 Å². The first kappa shape index (κ1) is 16.9. The van der Waals surface area contributed by atoms with Crippen LogP contribution in [0.5, 0.6) is 0 Å². The van der Waals surface area contributed by atoms with E-state index in [2.05, 4.69) is 5.84 Å². The number of aliphatic carboxylic acids is 1. The second-order valence-electron chi connectivity index (χ2n) is 1.18. The van der Waals surface area contributed by atoms with E-state index < -0.39 is 11.9 Å². The van der Waals surface area contributed by atoms with Crippen molar-refractivity contribution in [1.82, 2.24) is 5.43 Å². The maximum atomic E-state index is 10.1. The summed E-state index contributed by atoms with van der Waals surface area (Å²) in [5.41, 5.74) is 1.73. The summed E-state index contributed by atoms with van der Waals surface area (Å²) in [5.74, 6) is 2.79. The number of carbonyl (C=O) groups excluding carboxylic acids is 1. The minimum atomic E-state index is -1.18. The molecule has 0 unspecified atom stereocenters. The molecule has 0 rings (SSSR count). The van der Waals surface area contributed by atoms with Gasteiger partial charge >= 0.3 is 35.5 Å². The molecule has 6 nitrogen and oxygen atoms in total. The Balaban J connectivity index is -0.000000320. The van der Waals surface area contributed by atoms with Crippen molar-refractivity contribution in [3.63, 3.8) is 0 Å². The zero-order chi connectivity index (χ0) is 7.28. The van der Waals surface area contributed by atoms with Gasteiger partial charge in [0.25, 0.3) is 5.91 Å². The van der Waals surface area contributed by atoms with Crippen LogP contribution < -0.4 is 40.8 Å². The first-order chi connectivity index (χ1) is 4.16. The Kier molecular flexibility index (Phi) is 14.8. The average Bonchev–Trinajstić information content (AvgIpc) is 1.83. The van der Waals surface area contributed by atoms with Gasteiger partial charge in [0.15, 0.2) is 0 Å². The number of rotatable bonds is 2. The van der Waals surface area contributed by atoms with E-state index in [4.69, 9.17) is 5.11 Å². The number of hydrogen-bond acceptors (Lipinski definition) is 4. The van der Waals surface area contributed by atoms with Crippen LogP contribution >= 0.6 is 0 Å². The quantitative estimate of drug-likeness (QED) is 0.127. The molecule has 0 aromatic rings. The van der Waals surface area contributed by atoms with Crippen LogP contribution in [0.4, 0.5) is 0 Å². The zero-order valence-corrected chi connectivity index (χ0v) is 7.94. The molecular formula is C4H7N2NaO4. The van der Waals surface area contributed by atoms with Crippen molar-refractivity contribution in [3.8, 4) is 0 Å². The molecule has 0 radical (unpaired) electrons. The molecule has 0 atom stereocenters. The summed E-state index contributed by atoms with van der Waals surface area (Å²) in [4.78, 5) is 19.8. The first-order valence-corrected chi connectivity index (χ1v) is 2.08. The fraction of sp³-hybridized carbons (Fsp3) is 0. The van der Waals surface area contributed by atoms with Gasteiger partial charge in [-0.3, -0.25) is 10.2 Å². The number of amides is 1. The Morgan fingerprint density at radius 2 is 1.82 bits per heavy atom. The van der Waals surface area contributed by atoms with Gasteiger partial charge in [-0.25, -0.2) is 10.6 Å². The Hall–Kier alpha value is -0.400. The van der Waals surface area contributed by atoms with Crippen LogP contribution in [0.1, 0.15) is 0 Å². The van der Waals surface area contributed by atoms with Gasteiger partial charge in [-0.1, -0.05) is 0 Å². The monoisotopic (exact) mass is 170 g/mol. The third-order valence-electron chi connectivity index (χ3n) is 0.520. The summed E-state index contributed by atoms with van der Waals surface area (Å²) in [7, 11) is 0. The van der Waals surface area contributed by atoms with Gasteiger partial charge in [0, 0.05) is 12.2 Å². The van der Waals surface area contributed by atoms with Gasteiger partial charge in [0.05, 0.1) is 0 Å². The molecule has 0 aliphatic carbocycles. The van der Waals surface area contributed by atoms with Crippen LogP contribution in [0.2, 0.25) is 0 Å². The van der Waals surface area contributed by atoms with Crippen LogP contribution in [-0.2, 0) is 9.59 Å². The third kappa shape index (κ3) is 12.7. The maximum absolute atomic E-state index is 10.1. The van der Waals surface area contributed by atoms with E-state index >= 15 is 0 Å². The predicted molar refractivity (Wildman–Crippen MR) is 31.0 cm³/mol. The van der Waals surface area contributed by atoms with Crippen molar-refractivity contribution in [2.45, 2.75) is 0 Å². The average molecular weight is 170 g/mol. The Morgan fingerprint density at radius 1 is 1.36 bits per heavy atom. The molecule has 58 valence electrons. The summed E-state index contributed by atoms with van der Waals surface area (Å²) in [6, 6.07) is 0. The molecule has 0 aromatic heterocycles. The molecule has 0 saturated heterocycles. The molecule has 11 heavy (non-hydrogen) atoms. The largest absolute Gasteiger partial charge is 1.00 e. The number of carbonyl (C=O) groups is 2. The molecule has 1 amide bonds. The summed E-state index contributed by atoms with van der Waals surface area (Å²) in [5, 5.41) is 7.95. The summed E-state index contributed by atoms with van der Waals surface area (Å²) < 4.78 is 0. The molecule has 0 aliphatic heterocycles. The fourth-order valence-corrected chi connectivity index (χ4v) is 0.195. The maximum Gasteiger partial charge on any atom is 1.00 e. The van der Waals surface area contributed by atoms with E-state index in [9.17, 15) is 9.59 Å². The minimum absolute atomic E-state index is 0. The SMILES string of the molecule is NNC(=O)/C=C\C(=O)O.[Na+].[OH-]. The smallest absolute Gasteiger partial charge is 0.870 e. The second kappa shape index (κ2) is 9.60. The van der Waals surface area contributed by atoms with Crippen molar-refractivity contribution in [1.29, 1.82) is 0 Å². The van der Waals surface area contributed by atoms with Crippen LogP contribution in [-0.4, -0.2) is 22.5 Å². The van der Waals surface area contributed by atoms with E-state index in [-0.39, 0.29) is 35.0 Å². The fourth-order valence-electron chi connectivity index (χ4n) is 0.195. The van der Waals surface area contributed by atoms with E-state index in [1.54, 1.807) is 5.43 Å². The number of nitrogens with one attached hydrogen (secondary N) is 1. The van der Waals surface area contributed by atoms with E-state index in [0.29, 0.717) is 6.08 Å². The summed E-state index contributed by atoms with van der Waals surface area (Å²) >= 11 is 0. The molecular weight excluding hydrogens is 163 g/mol. The van der Waals surface area contributed by atoms with Crippen LogP contribution in [0, 0.1) is 0 Å². The van der Waals surface area contributed by atoms with Crippen molar-refractivity contribution >= 4 is 11.9 Å². The summed E-state index contributed by atoms with van der Waals surface area (Å²) in [6.45, 7) is 0. The molecule has 0 heterocycles. The van der Waals surface area contributed by atoms with Gasteiger partial charge in [0.2, 0.25) is 0 Å². The molecule has 0 fully saturated rings. The van der Waals surface area contributed by atoms with Gasteiger partial charge < -0.3 is 10.6 Å². The molecule has 0 bridgehead atoms. The minimum Gasteiger partial charge on any atom is -0.870 e. The van der Waals surface area contributed by atoms with Gasteiger partial charge in [-0.05, 0) is 0 Å². The van der Waals surface area contributed by atoms with Gasteiger partial charge in [0.1, 0.15) is 0 Å². The molecule has 0 spiro atoms. The number of carboxylic acids is 1. The van der Waals surface area contributed by atoms with Crippen LogP contribution in [0.25, 0.3) is 0 Å². The van der Waals surface area contributed by atoms with Crippen molar-refractivity contribution in [2.24, 2.45) is 5.84 Å². The standard InChI is InChI=1S/C4H6N2O3.Na.H2O/c5-6-3(7)1-2-4(8)9;;/h1-2H,5H2,(H,6,7)(H,8,9);;1H2/q;+1;/p-1/b2-1-;;. The van der Waals surface area contributed by atoms with Gasteiger partial charge in [-0.2, -0.15) is 0 Å². The number of hydrazine groups is 1. The van der Waals surface area contributed by atoms with Gasteiger partial charge in [-0.15, -0.1) is 0 Å². The molecule has 0 saturated carbocycles. The van der Waals surface area contributed by atoms with E-state index in [1.165, 1.54) is 0 Å². The predicted octanol–water partition coefficient (Wildman–Crippen LogP) is -4.56. The number of nitrogens with two attached hydrogens (primary N) is 1.